The van der Waals surface area contributed by atoms with Gasteiger partial charge in [0.05, 0.1) is 11.3 Å². The number of hydrogen-bond donors (Lipinski definition) is 0. The second kappa shape index (κ2) is 7.75. The Hall–Kier alpha value is -1.14. The molecule has 1 aliphatic heterocycles. The number of thioether (sulfide) groups is 1. The largest absolute Gasteiger partial charge is 0.370 e. The third kappa shape index (κ3) is 3.95. The fourth-order valence-corrected chi connectivity index (χ4v) is 3.98. The maximum atomic E-state index is 9.58. The van der Waals surface area contributed by atoms with E-state index in [1.54, 1.807) is 11.8 Å². The summed E-state index contributed by atoms with van der Waals surface area (Å²) < 4.78 is 0. The average Bonchev–Trinajstić information content (AvgIpc) is 2.73. The van der Waals surface area contributed by atoms with Crippen molar-refractivity contribution in [2.24, 2.45) is 11.8 Å². The van der Waals surface area contributed by atoms with Crippen LogP contribution in [-0.4, -0.2) is 18.8 Å². The van der Waals surface area contributed by atoms with E-state index in [1.807, 2.05) is 0 Å². The lowest BCUT2D eigenvalue weighted by Crippen LogP contribution is -2.25. The summed E-state index contributed by atoms with van der Waals surface area (Å²) >= 11 is 1.77. The molecule has 1 fully saturated rings. The Labute approximate surface area is 133 Å². The number of rotatable bonds is 4. The highest BCUT2D eigenvalue weighted by Gasteiger charge is 2.21. The molecule has 0 aliphatic carbocycles. The van der Waals surface area contributed by atoms with Gasteiger partial charge in [-0.1, -0.05) is 26.8 Å². The van der Waals surface area contributed by atoms with Gasteiger partial charge >= 0.3 is 0 Å². The molecule has 114 valence electrons. The van der Waals surface area contributed by atoms with Crippen LogP contribution in [0, 0.1) is 23.2 Å². The molecule has 1 heterocycles. The number of hydrogen-bond acceptors (Lipinski definition) is 3. The van der Waals surface area contributed by atoms with E-state index in [-0.39, 0.29) is 0 Å². The number of nitrogens with zero attached hydrogens (tertiary/aromatic N) is 2. The van der Waals surface area contributed by atoms with Gasteiger partial charge in [-0.15, -0.1) is 11.8 Å². The van der Waals surface area contributed by atoms with E-state index in [0.717, 1.165) is 46.8 Å². The third-order valence-electron chi connectivity index (χ3n) is 4.47. The zero-order chi connectivity index (χ0) is 15.2. The third-order valence-corrected chi connectivity index (χ3v) is 5.41. The van der Waals surface area contributed by atoms with E-state index in [4.69, 9.17) is 0 Å². The molecule has 0 amide bonds. The van der Waals surface area contributed by atoms with E-state index in [1.165, 1.54) is 19.3 Å². The van der Waals surface area contributed by atoms with E-state index >= 15 is 0 Å². The molecular formula is C18H26N2S. The second-order valence-electron chi connectivity index (χ2n) is 6.12. The summed E-state index contributed by atoms with van der Waals surface area (Å²) in [5.74, 6) is 2.60. The maximum Gasteiger partial charge on any atom is 0.103 e. The molecule has 2 nitrogen and oxygen atoms in total. The SMILES string of the molecule is CCSc1cccc(N2CCCC(C(C)C)CC2)c1C#N. The van der Waals surface area contributed by atoms with Crippen molar-refractivity contribution in [2.45, 2.75) is 44.9 Å². The molecule has 1 atom stereocenters. The molecule has 0 N–H and O–H groups in total. The van der Waals surface area contributed by atoms with E-state index < -0.39 is 0 Å². The highest BCUT2D eigenvalue weighted by molar-refractivity contribution is 7.99. The zero-order valence-electron chi connectivity index (χ0n) is 13.4. The molecular weight excluding hydrogens is 276 g/mol. The van der Waals surface area contributed by atoms with Crippen LogP contribution < -0.4 is 4.90 Å². The van der Waals surface area contributed by atoms with Gasteiger partial charge in [0, 0.05) is 18.0 Å². The van der Waals surface area contributed by atoms with E-state index in [2.05, 4.69) is 49.9 Å². The van der Waals surface area contributed by atoms with Gasteiger partial charge in [0.15, 0.2) is 0 Å². The standard InChI is InChI=1S/C18H26N2S/c1-4-21-18-9-5-8-17(16(18)13-19)20-11-6-7-15(10-12-20)14(2)3/h5,8-9,14-15H,4,6-7,10-12H2,1-3H3. The smallest absolute Gasteiger partial charge is 0.103 e. The summed E-state index contributed by atoms with van der Waals surface area (Å²) in [6.45, 7) is 8.96. The minimum atomic E-state index is 0.766. The molecule has 0 aromatic heterocycles. The molecule has 2 rings (SSSR count). The monoisotopic (exact) mass is 302 g/mol. The molecule has 0 bridgehead atoms. The van der Waals surface area contributed by atoms with Crippen molar-refractivity contribution in [1.82, 2.24) is 0 Å². The lowest BCUT2D eigenvalue weighted by atomic mass is 9.89. The summed E-state index contributed by atoms with van der Waals surface area (Å²) in [6, 6.07) is 8.73. The van der Waals surface area contributed by atoms with Crippen LogP contribution in [0.25, 0.3) is 0 Å². The van der Waals surface area contributed by atoms with Crippen LogP contribution in [0.3, 0.4) is 0 Å². The minimum Gasteiger partial charge on any atom is -0.370 e. The van der Waals surface area contributed by atoms with Crippen LogP contribution in [-0.2, 0) is 0 Å². The first-order valence-electron chi connectivity index (χ1n) is 8.08. The Kier molecular flexibility index (Phi) is 5.99. The molecule has 1 aromatic carbocycles. The van der Waals surface area contributed by atoms with Crippen LogP contribution in [0.5, 0.6) is 0 Å². The molecule has 21 heavy (non-hydrogen) atoms. The molecule has 3 heteroatoms. The lowest BCUT2D eigenvalue weighted by molar-refractivity contribution is 0.351. The van der Waals surface area contributed by atoms with Crippen LogP contribution in [0.4, 0.5) is 5.69 Å². The van der Waals surface area contributed by atoms with Crippen molar-refractivity contribution in [1.29, 1.82) is 5.26 Å². The van der Waals surface area contributed by atoms with Gasteiger partial charge in [0.2, 0.25) is 0 Å². The topological polar surface area (TPSA) is 27.0 Å². The Morgan fingerprint density at radius 1 is 1.33 bits per heavy atom. The number of nitriles is 1. The average molecular weight is 302 g/mol. The quantitative estimate of drug-likeness (QED) is 0.738. The Morgan fingerprint density at radius 2 is 2.14 bits per heavy atom. The van der Waals surface area contributed by atoms with Crippen molar-refractivity contribution in [3.05, 3.63) is 23.8 Å². The fraction of sp³-hybridized carbons (Fsp3) is 0.611. The Morgan fingerprint density at radius 3 is 2.81 bits per heavy atom. The summed E-state index contributed by atoms with van der Waals surface area (Å²) in [6.07, 6.45) is 3.80. The van der Waals surface area contributed by atoms with Crippen molar-refractivity contribution < 1.29 is 0 Å². The Balaban J connectivity index is 2.22. The zero-order valence-corrected chi connectivity index (χ0v) is 14.2. The molecule has 0 spiro atoms. The molecule has 0 radical (unpaired) electrons. The van der Waals surface area contributed by atoms with Crippen molar-refractivity contribution >= 4 is 17.4 Å². The molecule has 1 aromatic rings. The second-order valence-corrected chi connectivity index (χ2v) is 7.42. The van der Waals surface area contributed by atoms with Crippen LogP contribution in [0.2, 0.25) is 0 Å². The van der Waals surface area contributed by atoms with E-state index in [0.29, 0.717) is 0 Å². The predicted octanol–water partition coefficient (Wildman–Crippen LogP) is 4.93. The van der Waals surface area contributed by atoms with Gasteiger partial charge in [-0.25, -0.2) is 0 Å². The maximum absolute atomic E-state index is 9.58. The van der Waals surface area contributed by atoms with Crippen molar-refractivity contribution in [3.8, 4) is 6.07 Å². The van der Waals surface area contributed by atoms with Gasteiger partial charge in [-0.05, 0) is 49.0 Å². The summed E-state index contributed by atoms with van der Waals surface area (Å²) in [4.78, 5) is 3.56. The first-order chi connectivity index (χ1) is 10.2. The highest BCUT2D eigenvalue weighted by atomic mass is 32.2. The summed E-state index contributed by atoms with van der Waals surface area (Å²) in [5, 5.41) is 9.58. The summed E-state index contributed by atoms with van der Waals surface area (Å²) in [7, 11) is 0. The molecule has 1 aliphatic rings. The van der Waals surface area contributed by atoms with Crippen molar-refractivity contribution in [3.63, 3.8) is 0 Å². The van der Waals surface area contributed by atoms with Gasteiger partial charge < -0.3 is 4.90 Å². The molecule has 1 saturated heterocycles. The fourth-order valence-electron chi connectivity index (χ4n) is 3.20. The molecule has 1 unspecified atom stereocenters. The van der Waals surface area contributed by atoms with Gasteiger partial charge in [0.25, 0.3) is 0 Å². The lowest BCUT2D eigenvalue weighted by Gasteiger charge is -2.25. The normalized spacial score (nSPS) is 19.4. The number of anilines is 1. The van der Waals surface area contributed by atoms with Gasteiger partial charge in [0.1, 0.15) is 6.07 Å². The number of benzene rings is 1. The predicted molar refractivity (Wildman–Crippen MR) is 91.9 cm³/mol. The van der Waals surface area contributed by atoms with Crippen LogP contribution in [0.15, 0.2) is 23.1 Å². The molecule has 0 saturated carbocycles. The van der Waals surface area contributed by atoms with Gasteiger partial charge in [-0.2, -0.15) is 5.26 Å². The van der Waals surface area contributed by atoms with Crippen molar-refractivity contribution in [2.75, 3.05) is 23.7 Å². The minimum absolute atomic E-state index is 0.766. The first kappa shape index (κ1) is 16.2. The van der Waals surface area contributed by atoms with Crippen LogP contribution >= 0.6 is 11.8 Å². The first-order valence-corrected chi connectivity index (χ1v) is 9.06. The van der Waals surface area contributed by atoms with Crippen LogP contribution in [0.1, 0.15) is 45.6 Å². The highest BCUT2D eigenvalue weighted by Crippen LogP contribution is 2.33. The Bertz CT molecular complexity index is 504. The van der Waals surface area contributed by atoms with E-state index in [9.17, 15) is 5.26 Å². The van der Waals surface area contributed by atoms with Gasteiger partial charge in [-0.3, -0.25) is 0 Å². The summed E-state index contributed by atoms with van der Waals surface area (Å²) in [5.41, 5.74) is 2.01.